The molecule has 15 heavy (non-hydrogen) atoms. The third-order valence-electron chi connectivity index (χ3n) is 1.70. The van der Waals surface area contributed by atoms with Crippen molar-refractivity contribution < 1.29 is 4.79 Å². The number of carbonyl (C=O) groups is 1. The molecule has 0 aliphatic rings. The highest BCUT2D eigenvalue weighted by Gasteiger charge is 2.13. The molecule has 0 aromatic rings. The van der Waals surface area contributed by atoms with Gasteiger partial charge in [-0.25, -0.2) is 0 Å². The monoisotopic (exact) mass is 210 g/mol. The van der Waals surface area contributed by atoms with Gasteiger partial charge in [0.05, 0.1) is 12.5 Å². The van der Waals surface area contributed by atoms with E-state index >= 15 is 0 Å². The van der Waals surface area contributed by atoms with E-state index in [0.29, 0.717) is 6.54 Å². The van der Waals surface area contributed by atoms with Gasteiger partial charge in [-0.15, -0.1) is 0 Å². The number of carbonyl (C=O) groups excluding carboxylic acids is 1. The SMILES string of the molecule is CN(C)C(=O)CC(C#N)NCCN=[N+]=[N-]. The molecule has 0 fully saturated rings. The topological polar surface area (TPSA) is 105 Å². The highest BCUT2D eigenvalue weighted by molar-refractivity contribution is 5.76. The molecule has 82 valence electrons. The number of nitrogens with zero attached hydrogens (tertiary/aromatic N) is 5. The molecular formula is C8H14N6O. The standard InChI is InChI=1S/C8H14N6O/c1-14(2)8(15)5-7(6-9)11-3-4-12-13-10/h7,11H,3-5H2,1-2H3. The first kappa shape index (κ1) is 13.2. The van der Waals surface area contributed by atoms with E-state index in [1.54, 1.807) is 14.1 Å². The third kappa shape index (κ3) is 6.32. The molecule has 0 saturated heterocycles. The van der Waals surface area contributed by atoms with Crippen LogP contribution >= 0.6 is 0 Å². The lowest BCUT2D eigenvalue weighted by atomic mass is 10.2. The Morgan fingerprint density at radius 2 is 2.40 bits per heavy atom. The number of azide groups is 1. The maximum absolute atomic E-state index is 11.3. The summed E-state index contributed by atoms with van der Waals surface area (Å²) in [5.74, 6) is -0.113. The Balaban J connectivity index is 3.89. The second kappa shape index (κ2) is 7.62. The highest BCUT2D eigenvalue weighted by Crippen LogP contribution is 1.94. The summed E-state index contributed by atoms with van der Waals surface area (Å²) in [5.41, 5.74) is 8.01. The number of hydrogen-bond donors (Lipinski definition) is 1. The average Bonchev–Trinajstić information content (AvgIpc) is 2.22. The molecule has 0 bridgehead atoms. The van der Waals surface area contributed by atoms with E-state index in [-0.39, 0.29) is 18.9 Å². The van der Waals surface area contributed by atoms with Crippen molar-refractivity contribution in [2.45, 2.75) is 12.5 Å². The Morgan fingerprint density at radius 1 is 1.73 bits per heavy atom. The smallest absolute Gasteiger partial charge is 0.224 e. The van der Waals surface area contributed by atoms with Gasteiger partial charge in [0.25, 0.3) is 0 Å². The fourth-order valence-corrected chi connectivity index (χ4v) is 0.854. The van der Waals surface area contributed by atoms with Gasteiger partial charge in [0.15, 0.2) is 0 Å². The van der Waals surface area contributed by atoms with Crippen molar-refractivity contribution in [2.75, 3.05) is 27.2 Å². The van der Waals surface area contributed by atoms with Gasteiger partial charge in [-0.2, -0.15) is 5.26 Å². The minimum atomic E-state index is -0.534. The lowest BCUT2D eigenvalue weighted by Gasteiger charge is -2.14. The second-order valence-electron chi connectivity index (χ2n) is 3.08. The van der Waals surface area contributed by atoms with Crippen LogP contribution in [0, 0.1) is 11.3 Å². The lowest BCUT2D eigenvalue weighted by Crippen LogP contribution is -2.35. The van der Waals surface area contributed by atoms with Gasteiger partial charge < -0.3 is 10.2 Å². The molecule has 0 radical (unpaired) electrons. The van der Waals surface area contributed by atoms with Gasteiger partial charge in [0.1, 0.15) is 6.04 Å². The van der Waals surface area contributed by atoms with Crippen LogP contribution < -0.4 is 5.32 Å². The molecule has 0 aliphatic carbocycles. The summed E-state index contributed by atoms with van der Waals surface area (Å²) in [5, 5.41) is 14.8. The molecule has 0 heterocycles. The Bertz CT molecular complexity index is 288. The van der Waals surface area contributed by atoms with Crippen molar-refractivity contribution in [3.8, 4) is 6.07 Å². The third-order valence-corrected chi connectivity index (χ3v) is 1.70. The second-order valence-corrected chi connectivity index (χ2v) is 3.08. The molecule has 7 heteroatoms. The summed E-state index contributed by atoms with van der Waals surface area (Å²) in [6.07, 6.45) is 0.125. The zero-order valence-corrected chi connectivity index (χ0v) is 8.84. The first-order valence-corrected chi connectivity index (χ1v) is 4.45. The number of amides is 1. The number of hydrogen-bond acceptors (Lipinski definition) is 4. The predicted octanol–water partition coefficient (Wildman–Crippen LogP) is 0.257. The van der Waals surface area contributed by atoms with Crippen molar-refractivity contribution in [1.29, 1.82) is 5.26 Å². The van der Waals surface area contributed by atoms with E-state index in [1.165, 1.54) is 4.90 Å². The molecule has 1 N–H and O–H groups in total. The molecule has 0 saturated carbocycles. The van der Waals surface area contributed by atoms with E-state index in [9.17, 15) is 4.79 Å². The lowest BCUT2D eigenvalue weighted by molar-refractivity contribution is -0.128. The summed E-state index contributed by atoms with van der Waals surface area (Å²) in [6, 6.07) is 1.44. The summed E-state index contributed by atoms with van der Waals surface area (Å²) in [7, 11) is 3.27. The van der Waals surface area contributed by atoms with Crippen LogP contribution in [0.3, 0.4) is 0 Å². The van der Waals surface area contributed by atoms with E-state index in [0.717, 1.165) is 0 Å². The molecule has 1 amide bonds. The Labute approximate surface area is 88.3 Å². The van der Waals surface area contributed by atoms with Crippen molar-refractivity contribution in [2.24, 2.45) is 5.11 Å². The molecule has 1 unspecified atom stereocenters. The van der Waals surface area contributed by atoms with Crippen molar-refractivity contribution in [3.63, 3.8) is 0 Å². The number of nitrogens with one attached hydrogen (secondary N) is 1. The van der Waals surface area contributed by atoms with Crippen LogP contribution in [0.2, 0.25) is 0 Å². The molecular weight excluding hydrogens is 196 g/mol. The number of nitriles is 1. The van der Waals surface area contributed by atoms with Crippen molar-refractivity contribution in [3.05, 3.63) is 10.4 Å². The van der Waals surface area contributed by atoms with Gasteiger partial charge in [-0.3, -0.25) is 4.79 Å². The van der Waals surface area contributed by atoms with Crippen LogP contribution in [0.15, 0.2) is 5.11 Å². The van der Waals surface area contributed by atoms with Crippen LogP contribution in [0.1, 0.15) is 6.42 Å². The van der Waals surface area contributed by atoms with Crippen LogP contribution in [-0.4, -0.2) is 44.0 Å². The van der Waals surface area contributed by atoms with Gasteiger partial charge in [0, 0.05) is 32.1 Å². The summed E-state index contributed by atoms with van der Waals surface area (Å²) >= 11 is 0. The van der Waals surface area contributed by atoms with Gasteiger partial charge in [-0.05, 0) is 5.53 Å². The normalized spacial score (nSPS) is 11.0. The van der Waals surface area contributed by atoms with Crippen LogP contribution in [0.5, 0.6) is 0 Å². The van der Waals surface area contributed by atoms with Crippen LogP contribution in [0.4, 0.5) is 0 Å². The van der Waals surface area contributed by atoms with Gasteiger partial charge in [-0.1, -0.05) is 5.11 Å². The van der Waals surface area contributed by atoms with Crippen LogP contribution in [0.25, 0.3) is 10.4 Å². The van der Waals surface area contributed by atoms with Gasteiger partial charge >= 0.3 is 0 Å². The molecule has 0 aliphatic heterocycles. The summed E-state index contributed by atoms with van der Waals surface area (Å²) in [6.45, 7) is 0.661. The minimum absolute atomic E-state index is 0.113. The van der Waals surface area contributed by atoms with E-state index < -0.39 is 6.04 Å². The Kier molecular flexibility index (Phi) is 6.72. The van der Waals surface area contributed by atoms with Crippen molar-refractivity contribution >= 4 is 5.91 Å². The fourth-order valence-electron chi connectivity index (χ4n) is 0.854. The zero-order chi connectivity index (χ0) is 11.7. The maximum atomic E-state index is 11.3. The van der Waals surface area contributed by atoms with Crippen molar-refractivity contribution in [1.82, 2.24) is 10.2 Å². The molecule has 0 aromatic heterocycles. The Hall–Kier alpha value is -1.77. The predicted molar refractivity (Wildman–Crippen MR) is 54.7 cm³/mol. The molecule has 7 nitrogen and oxygen atoms in total. The molecule has 1 atom stereocenters. The Morgan fingerprint density at radius 3 is 2.87 bits per heavy atom. The van der Waals surface area contributed by atoms with Crippen LogP contribution in [-0.2, 0) is 4.79 Å². The largest absolute Gasteiger partial charge is 0.349 e. The zero-order valence-electron chi connectivity index (χ0n) is 8.84. The first-order chi connectivity index (χ1) is 7.11. The van der Waals surface area contributed by atoms with E-state index in [1.807, 2.05) is 6.07 Å². The quantitative estimate of drug-likeness (QED) is 0.294. The van der Waals surface area contributed by atoms with E-state index in [4.69, 9.17) is 10.8 Å². The van der Waals surface area contributed by atoms with Gasteiger partial charge in [0.2, 0.25) is 5.91 Å². The van der Waals surface area contributed by atoms with E-state index in [2.05, 4.69) is 15.3 Å². The number of rotatable bonds is 6. The maximum Gasteiger partial charge on any atom is 0.224 e. The molecule has 0 aromatic carbocycles. The average molecular weight is 210 g/mol. The fraction of sp³-hybridized carbons (Fsp3) is 0.750. The summed E-state index contributed by atoms with van der Waals surface area (Å²) in [4.78, 5) is 15.3. The first-order valence-electron chi connectivity index (χ1n) is 4.45. The summed E-state index contributed by atoms with van der Waals surface area (Å²) < 4.78 is 0. The molecule has 0 spiro atoms. The highest BCUT2D eigenvalue weighted by atomic mass is 16.2. The molecule has 0 rings (SSSR count). The minimum Gasteiger partial charge on any atom is -0.349 e.